The van der Waals surface area contributed by atoms with Crippen LogP contribution in [0, 0.1) is 0 Å². The molecule has 98 valence electrons. The molecule has 3 rings (SSSR count). The van der Waals surface area contributed by atoms with Crippen molar-refractivity contribution < 1.29 is 4.79 Å². The van der Waals surface area contributed by atoms with E-state index in [0.29, 0.717) is 10.6 Å². The molecule has 0 saturated carbocycles. The van der Waals surface area contributed by atoms with E-state index in [1.807, 2.05) is 30.3 Å². The molecule has 3 aromatic rings. The van der Waals surface area contributed by atoms with Gasteiger partial charge in [-0.1, -0.05) is 29.8 Å². The predicted octanol–water partition coefficient (Wildman–Crippen LogP) is 3.71. The molecule has 0 aliphatic heterocycles. The van der Waals surface area contributed by atoms with Crippen LogP contribution in [0.4, 0.5) is 0 Å². The van der Waals surface area contributed by atoms with E-state index >= 15 is 0 Å². The molecule has 4 heteroatoms. The summed E-state index contributed by atoms with van der Waals surface area (Å²) in [7, 11) is 0. The molecule has 0 aliphatic rings. The van der Waals surface area contributed by atoms with Crippen molar-refractivity contribution in [3.8, 4) is 0 Å². The molecule has 0 saturated heterocycles. The standard InChI is InChI=1S/C16H11ClN2O/c17-14-10-18-8-6-11(14)9-16(20)13-3-1-5-15-12(13)4-2-7-19-15/h1-8,10H,9H2. The van der Waals surface area contributed by atoms with Crippen LogP contribution in [0.25, 0.3) is 10.9 Å². The first-order valence-electron chi connectivity index (χ1n) is 6.21. The lowest BCUT2D eigenvalue weighted by Gasteiger charge is -2.06. The van der Waals surface area contributed by atoms with Crippen molar-refractivity contribution in [2.45, 2.75) is 6.42 Å². The smallest absolute Gasteiger partial charge is 0.167 e. The van der Waals surface area contributed by atoms with Gasteiger partial charge in [0.05, 0.1) is 10.5 Å². The fourth-order valence-electron chi connectivity index (χ4n) is 2.16. The highest BCUT2D eigenvalue weighted by Crippen LogP contribution is 2.20. The van der Waals surface area contributed by atoms with E-state index in [9.17, 15) is 4.79 Å². The van der Waals surface area contributed by atoms with Gasteiger partial charge in [-0.2, -0.15) is 0 Å². The Morgan fingerprint density at radius 3 is 2.85 bits per heavy atom. The van der Waals surface area contributed by atoms with Crippen LogP contribution in [-0.4, -0.2) is 15.8 Å². The van der Waals surface area contributed by atoms with Crippen molar-refractivity contribution in [2.24, 2.45) is 0 Å². The lowest BCUT2D eigenvalue weighted by Crippen LogP contribution is -2.05. The average Bonchev–Trinajstić information content (AvgIpc) is 2.49. The third kappa shape index (κ3) is 2.40. The number of benzene rings is 1. The molecular formula is C16H11ClN2O. The molecule has 3 nitrogen and oxygen atoms in total. The predicted molar refractivity (Wildman–Crippen MR) is 79.0 cm³/mol. The van der Waals surface area contributed by atoms with Gasteiger partial charge in [-0.25, -0.2) is 0 Å². The highest BCUT2D eigenvalue weighted by molar-refractivity contribution is 6.31. The van der Waals surface area contributed by atoms with Gasteiger partial charge < -0.3 is 0 Å². The number of carbonyl (C=O) groups excluding carboxylic acids is 1. The van der Waals surface area contributed by atoms with E-state index in [1.165, 1.54) is 0 Å². The second-order valence-electron chi connectivity index (χ2n) is 4.44. The summed E-state index contributed by atoms with van der Waals surface area (Å²) in [6.45, 7) is 0. The van der Waals surface area contributed by atoms with Gasteiger partial charge in [-0.15, -0.1) is 0 Å². The fourth-order valence-corrected chi connectivity index (χ4v) is 2.35. The minimum atomic E-state index is 0.0247. The average molecular weight is 283 g/mol. The maximum Gasteiger partial charge on any atom is 0.167 e. The molecule has 0 bridgehead atoms. The summed E-state index contributed by atoms with van der Waals surface area (Å²) in [6, 6.07) is 11.1. The number of carbonyl (C=O) groups is 1. The number of fused-ring (bicyclic) bond motifs is 1. The topological polar surface area (TPSA) is 42.9 Å². The molecule has 1 aromatic carbocycles. The van der Waals surface area contributed by atoms with Crippen molar-refractivity contribution in [1.29, 1.82) is 0 Å². The largest absolute Gasteiger partial charge is 0.294 e. The van der Waals surface area contributed by atoms with Crippen LogP contribution in [0.15, 0.2) is 55.0 Å². The molecular weight excluding hydrogens is 272 g/mol. The van der Waals surface area contributed by atoms with E-state index in [4.69, 9.17) is 11.6 Å². The van der Waals surface area contributed by atoms with Crippen molar-refractivity contribution in [1.82, 2.24) is 9.97 Å². The molecule has 0 atom stereocenters. The molecule has 20 heavy (non-hydrogen) atoms. The van der Waals surface area contributed by atoms with Gasteiger partial charge >= 0.3 is 0 Å². The second kappa shape index (κ2) is 5.39. The monoisotopic (exact) mass is 282 g/mol. The number of hydrogen-bond acceptors (Lipinski definition) is 3. The molecule has 0 aliphatic carbocycles. The minimum absolute atomic E-state index is 0.0247. The van der Waals surface area contributed by atoms with Crippen LogP contribution in [0.5, 0.6) is 0 Å². The molecule has 0 N–H and O–H groups in total. The first-order valence-corrected chi connectivity index (χ1v) is 6.59. The van der Waals surface area contributed by atoms with Crippen molar-refractivity contribution >= 4 is 28.3 Å². The van der Waals surface area contributed by atoms with E-state index in [2.05, 4.69) is 9.97 Å². The van der Waals surface area contributed by atoms with Gasteiger partial charge in [0, 0.05) is 36.0 Å². The summed E-state index contributed by atoms with van der Waals surface area (Å²) < 4.78 is 0. The van der Waals surface area contributed by atoms with Gasteiger partial charge in [0.25, 0.3) is 0 Å². The zero-order chi connectivity index (χ0) is 13.9. The van der Waals surface area contributed by atoms with Crippen LogP contribution in [0.1, 0.15) is 15.9 Å². The van der Waals surface area contributed by atoms with Crippen molar-refractivity contribution in [3.63, 3.8) is 0 Å². The van der Waals surface area contributed by atoms with Gasteiger partial charge in [-0.05, 0) is 23.8 Å². The van der Waals surface area contributed by atoms with E-state index in [1.54, 1.807) is 24.7 Å². The van der Waals surface area contributed by atoms with Gasteiger partial charge in [0.2, 0.25) is 0 Å². The zero-order valence-electron chi connectivity index (χ0n) is 10.6. The number of nitrogens with zero attached hydrogens (tertiary/aromatic N) is 2. The SMILES string of the molecule is O=C(Cc1ccncc1Cl)c1cccc2ncccc12. The molecule has 0 amide bonds. The number of ketones is 1. The Morgan fingerprint density at radius 2 is 2.00 bits per heavy atom. The number of rotatable bonds is 3. The molecule has 2 aromatic heterocycles. The Hall–Kier alpha value is -2.26. The molecule has 0 spiro atoms. The minimum Gasteiger partial charge on any atom is -0.294 e. The summed E-state index contributed by atoms with van der Waals surface area (Å²) in [6.07, 6.45) is 5.17. The third-order valence-corrected chi connectivity index (χ3v) is 3.49. The lowest BCUT2D eigenvalue weighted by molar-refractivity contribution is 0.0994. The van der Waals surface area contributed by atoms with E-state index < -0.39 is 0 Å². The van der Waals surface area contributed by atoms with Crippen LogP contribution in [0.3, 0.4) is 0 Å². The van der Waals surface area contributed by atoms with Gasteiger partial charge in [-0.3, -0.25) is 14.8 Å². The summed E-state index contributed by atoms with van der Waals surface area (Å²) in [5.41, 5.74) is 2.27. The highest BCUT2D eigenvalue weighted by atomic mass is 35.5. The Bertz CT molecular complexity index is 781. The third-order valence-electron chi connectivity index (χ3n) is 3.15. The normalized spacial score (nSPS) is 10.7. The maximum absolute atomic E-state index is 12.5. The van der Waals surface area contributed by atoms with Crippen LogP contribution >= 0.6 is 11.6 Å². The van der Waals surface area contributed by atoms with Gasteiger partial charge in [0.15, 0.2) is 5.78 Å². The summed E-state index contributed by atoms with van der Waals surface area (Å²) in [5.74, 6) is 0.0247. The molecule has 2 heterocycles. The van der Waals surface area contributed by atoms with E-state index in [-0.39, 0.29) is 12.2 Å². The number of pyridine rings is 2. The number of hydrogen-bond donors (Lipinski definition) is 0. The first-order chi connectivity index (χ1) is 9.75. The number of aromatic nitrogens is 2. The summed E-state index contributed by atoms with van der Waals surface area (Å²) >= 11 is 6.05. The summed E-state index contributed by atoms with van der Waals surface area (Å²) in [4.78, 5) is 20.7. The Morgan fingerprint density at radius 1 is 1.10 bits per heavy atom. The first kappa shape index (κ1) is 12.8. The highest BCUT2D eigenvalue weighted by Gasteiger charge is 2.12. The fraction of sp³-hybridized carbons (Fsp3) is 0.0625. The molecule has 0 radical (unpaired) electrons. The van der Waals surface area contributed by atoms with Crippen molar-refractivity contribution in [3.05, 3.63) is 71.1 Å². The quantitative estimate of drug-likeness (QED) is 0.688. The van der Waals surface area contributed by atoms with Crippen molar-refractivity contribution in [2.75, 3.05) is 0 Å². The van der Waals surface area contributed by atoms with Crippen LogP contribution in [0.2, 0.25) is 5.02 Å². The van der Waals surface area contributed by atoms with Crippen LogP contribution in [-0.2, 0) is 6.42 Å². The maximum atomic E-state index is 12.5. The number of Topliss-reactive ketones (excluding diaryl/α,β-unsaturated/α-hetero) is 1. The van der Waals surface area contributed by atoms with Gasteiger partial charge in [0.1, 0.15) is 0 Å². The number of halogens is 1. The van der Waals surface area contributed by atoms with Crippen LogP contribution < -0.4 is 0 Å². The zero-order valence-corrected chi connectivity index (χ0v) is 11.3. The molecule has 0 unspecified atom stereocenters. The Balaban J connectivity index is 1.99. The molecule has 0 fully saturated rings. The Labute approximate surface area is 121 Å². The van der Waals surface area contributed by atoms with E-state index in [0.717, 1.165) is 16.5 Å². The Kier molecular flexibility index (Phi) is 3.44. The second-order valence-corrected chi connectivity index (χ2v) is 4.85. The summed E-state index contributed by atoms with van der Waals surface area (Å²) in [5, 5.41) is 1.38. The lowest BCUT2D eigenvalue weighted by atomic mass is 10.00.